The Morgan fingerprint density at radius 2 is 1.12 bits per heavy atom. The van der Waals surface area contributed by atoms with Crippen LogP contribution in [0.2, 0.25) is 0 Å². The van der Waals surface area contributed by atoms with Gasteiger partial charge in [-0.2, -0.15) is 0 Å². The second-order valence-corrected chi connectivity index (χ2v) is 9.55. The second kappa shape index (κ2) is 12.4. The molecule has 0 amide bonds. The van der Waals surface area contributed by atoms with Gasteiger partial charge in [0.25, 0.3) is 0 Å². The Bertz CT molecular complexity index is 296. The third-order valence-electron chi connectivity index (χ3n) is 7.49. The van der Waals surface area contributed by atoms with Gasteiger partial charge in [-0.15, -0.1) is 0 Å². The van der Waals surface area contributed by atoms with E-state index >= 15 is 0 Å². The van der Waals surface area contributed by atoms with Crippen molar-refractivity contribution in [2.75, 3.05) is 0 Å². The molecular weight excluding hydrogens is 300 g/mol. The predicted octanol–water partition coefficient (Wildman–Crippen LogP) is 9.03. The highest BCUT2D eigenvalue weighted by atomic mass is 14.4. The SMILES string of the molecule is CC.CC1CCC(C2CCC(C)(C3CCCCC3)CC2)CC1.CCC. The molecule has 3 rings (SSSR count). The van der Waals surface area contributed by atoms with E-state index in [4.69, 9.17) is 0 Å². The maximum Gasteiger partial charge on any atom is -0.0297 e. The first kappa shape index (κ1) is 23.0. The van der Waals surface area contributed by atoms with E-state index < -0.39 is 0 Å². The van der Waals surface area contributed by atoms with Crippen molar-refractivity contribution in [3.63, 3.8) is 0 Å². The van der Waals surface area contributed by atoms with Crippen molar-refractivity contribution in [1.29, 1.82) is 0 Å². The van der Waals surface area contributed by atoms with Gasteiger partial charge in [-0.05, 0) is 80.5 Å². The highest BCUT2D eigenvalue weighted by molar-refractivity contribution is 4.91. The molecule has 0 N–H and O–H groups in total. The van der Waals surface area contributed by atoms with Crippen LogP contribution in [0.25, 0.3) is 0 Å². The molecule has 0 spiro atoms. The van der Waals surface area contributed by atoms with Gasteiger partial charge in [0.05, 0.1) is 0 Å². The molecule has 0 radical (unpaired) electrons. The molecule has 0 bridgehead atoms. The molecule has 0 heteroatoms. The van der Waals surface area contributed by atoms with Gasteiger partial charge in [0.15, 0.2) is 0 Å². The molecule has 150 valence electrons. The summed E-state index contributed by atoms with van der Waals surface area (Å²) >= 11 is 0. The van der Waals surface area contributed by atoms with Crippen molar-refractivity contribution in [3.8, 4) is 0 Å². The summed E-state index contributed by atoms with van der Waals surface area (Å²) in [5.74, 6) is 4.28. The number of hydrogen-bond acceptors (Lipinski definition) is 0. The van der Waals surface area contributed by atoms with Gasteiger partial charge in [0, 0.05) is 0 Å². The Kier molecular flexibility index (Phi) is 11.4. The summed E-state index contributed by atoms with van der Waals surface area (Å²) in [6.45, 7) is 13.3. The normalized spacial score (nSPS) is 36.5. The van der Waals surface area contributed by atoms with E-state index in [9.17, 15) is 0 Å². The van der Waals surface area contributed by atoms with Gasteiger partial charge in [-0.25, -0.2) is 0 Å². The summed E-state index contributed by atoms with van der Waals surface area (Å²) in [6, 6.07) is 0. The fourth-order valence-electron chi connectivity index (χ4n) is 5.74. The van der Waals surface area contributed by atoms with Crippen molar-refractivity contribution < 1.29 is 0 Å². The van der Waals surface area contributed by atoms with Crippen molar-refractivity contribution in [2.45, 2.75) is 131 Å². The Balaban J connectivity index is 0.000000567. The van der Waals surface area contributed by atoms with Crippen molar-refractivity contribution in [2.24, 2.45) is 29.1 Å². The highest BCUT2D eigenvalue weighted by Gasteiger charge is 2.40. The summed E-state index contributed by atoms with van der Waals surface area (Å²) in [4.78, 5) is 0. The van der Waals surface area contributed by atoms with E-state index in [2.05, 4.69) is 27.7 Å². The molecule has 0 nitrogen and oxygen atoms in total. The van der Waals surface area contributed by atoms with Crippen LogP contribution in [-0.2, 0) is 0 Å². The molecule has 0 atom stereocenters. The topological polar surface area (TPSA) is 0 Å². The number of rotatable bonds is 2. The standard InChI is InChI=1S/C20H36.C3H8.C2H6/c1-16-8-10-17(11-9-16)18-12-14-20(2,15-13-18)19-6-4-3-5-7-19;1-3-2;1-2/h16-19H,3-15H2,1-2H3;3H2,1-2H3;1-2H3. The number of hydrogen-bond donors (Lipinski definition) is 0. The molecule has 0 aliphatic heterocycles. The average molecular weight is 351 g/mol. The minimum atomic E-state index is 0.721. The molecule has 3 aliphatic carbocycles. The largest absolute Gasteiger partial charge is 0.0683 e. The lowest BCUT2D eigenvalue weighted by molar-refractivity contribution is 0.0433. The lowest BCUT2D eigenvalue weighted by Crippen LogP contribution is -2.35. The lowest BCUT2D eigenvalue weighted by atomic mass is 9.59. The van der Waals surface area contributed by atoms with Crippen LogP contribution in [0, 0.1) is 29.1 Å². The van der Waals surface area contributed by atoms with Gasteiger partial charge in [-0.1, -0.05) is 80.1 Å². The summed E-state index contributed by atoms with van der Waals surface area (Å²) in [5.41, 5.74) is 0.721. The first-order chi connectivity index (χ1) is 12.1. The molecular formula is C25H50. The van der Waals surface area contributed by atoms with Crippen LogP contribution in [0.3, 0.4) is 0 Å². The zero-order valence-electron chi connectivity index (χ0n) is 18.7. The maximum absolute atomic E-state index is 2.64. The molecule has 3 fully saturated rings. The molecule has 3 aliphatic rings. The highest BCUT2D eigenvalue weighted by Crippen LogP contribution is 2.51. The third-order valence-corrected chi connectivity index (χ3v) is 7.49. The van der Waals surface area contributed by atoms with Crippen LogP contribution in [0.4, 0.5) is 0 Å². The molecule has 25 heavy (non-hydrogen) atoms. The Morgan fingerprint density at radius 1 is 0.680 bits per heavy atom. The zero-order valence-corrected chi connectivity index (χ0v) is 18.7. The summed E-state index contributed by atoms with van der Waals surface area (Å²) in [6.07, 6.45) is 21.2. The Morgan fingerprint density at radius 3 is 1.60 bits per heavy atom. The lowest BCUT2D eigenvalue weighted by Gasteiger charge is -2.47. The smallest absolute Gasteiger partial charge is 0.0297 e. The fraction of sp³-hybridized carbons (Fsp3) is 1.00. The maximum atomic E-state index is 2.64. The van der Waals surface area contributed by atoms with Gasteiger partial charge < -0.3 is 0 Å². The summed E-state index contributed by atoms with van der Waals surface area (Å²) in [5, 5.41) is 0. The summed E-state index contributed by atoms with van der Waals surface area (Å²) < 4.78 is 0. The first-order valence-electron chi connectivity index (χ1n) is 12.1. The van der Waals surface area contributed by atoms with Crippen LogP contribution in [0.5, 0.6) is 0 Å². The molecule has 0 heterocycles. The Hall–Kier alpha value is 0. The van der Waals surface area contributed by atoms with Gasteiger partial charge in [0.2, 0.25) is 0 Å². The molecule has 0 aromatic rings. The van der Waals surface area contributed by atoms with Gasteiger partial charge >= 0.3 is 0 Å². The fourth-order valence-corrected chi connectivity index (χ4v) is 5.74. The minimum Gasteiger partial charge on any atom is -0.0683 e. The molecule has 0 saturated heterocycles. The van der Waals surface area contributed by atoms with E-state index in [1.165, 1.54) is 38.5 Å². The van der Waals surface area contributed by atoms with Crippen LogP contribution >= 0.6 is 0 Å². The average Bonchev–Trinajstić information content (AvgIpc) is 2.66. The zero-order chi connectivity index (χ0) is 18.7. The van der Waals surface area contributed by atoms with Gasteiger partial charge in [-0.3, -0.25) is 0 Å². The van der Waals surface area contributed by atoms with Crippen LogP contribution in [-0.4, -0.2) is 0 Å². The monoisotopic (exact) mass is 350 g/mol. The Labute approximate surface area is 160 Å². The van der Waals surface area contributed by atoms with Crippen molar-refractivity contribution >= 4 is 0 Å². The molecule has 3 saturated carbocycles. The minimum absolute atomic E-state index is 0.721. The van der Waals surface area contributed by atoms with Crippen molar-refractivity contribution in [3.05, 3.63) is 0 Å². The van der Waals surface area contributed by atoms with E-state index in [0.29, 0.717) is 0 Å². The van der Waals surface area contributed by atoms with Crippen LogP contribution in [0.1, 0.15) is 131 Å². The molecule has 0 unspecified atom stereocenters. The quantitative estimate of drug-likeness (QED) is 0.466. The van der Waals surface area contributed by atoms with E-state index in [-0.39, 0.29) is 0 Å². The van der Waals surface area contributed by atoms with Crippen LogP contribution in [0.15, 0.2) is 0 Å². The van der Waals surface area contributed by atoms with E-state index in [1.54, 1.807) is 51.4 Å². The summed E-state index contributed by atoms with van der Waals surface area (Å²) in [7, 11) is 0. The first-order valence-corrected chi connectivity index (χ1v) is 12.1. The molecule has 0 aromatic heterocycles. The van der Waals surface area contributed by atoms with Crippen molar-refractivity contribution in [1.82, 2.24) is 0 Å². The second-order valence-electron chi connectivity index (χ2n) is 9.55. The molecule has 0 aromatic carbocycles. The third kappa shape index (κ3) is 7.26. The van der Waals surface area contributed by atoms with Crippen LogP contribution < -0.4 is 0 Å². The predicted molar refractivity (Wildman–Crippen MR) is 115 cm³/mol. The van der Waals surface area contributed by atoms with E-state index in [0.717, 1.165) is 29.1 Å². The van der Waals surface area contributed by atoms with Gasteiger partial charge in [0.1, 0.15) is 0 Å². The van der Waals surface area contributed by atoms with E-state index in [1.807, 2.05) is 13.8 Å².